The predicted octanol–water partition coefficient (Wildman–Crippen LogP) is 7.68. The average molecular weight is 471 g/mol. The fraction of sp³-hybridized carbons (Fsp3) is 0.167. The van der Waals surface area contributed by atoms with Gasteiger partial charge in [0.05, 0.1) is 0 Å². The Morgan fingerprint density at radius 3 is 1.37 bits per heavy atom. The van der Waals surface area contributed by atoms with Gasteiger partial charge in [-0.2, -0.15) is 0 Å². The summed E-state index contributed by atoms with van der Waals surface area (Å²) < 4.78 is 3.45. The monoisotopic (exact) mass is 470 g/mol. The first-order valence-electron chi connectivity index (χ1n) is 9.41. The van der Waals surface area contributed by atoms with E-state index >= 15 is 0 Å². The topological polar surface area (TPSA) is 34.1 Å². The van der Waals surface area contributed by atoms with Gasteiger partial charge in [0.2, 0.25) is 0 Å². The quantitative estimate of drug-likeness (QED) is 0.217. The van der Waals surface area contributed by atoms with E-state index in [0.29, 0.717) is 31.6 Å². The molecule has 0 aliphatic heterocycles. The van der Waals surface area contributed by atoms with E-state index in [9.17, 15) is 9.59 Å². The SMILES string of the molecule is Cc1cc(Cl)c(C)c2c(=O)c3cc4sc5c(C)cc(Cl)c(C)c5c(=O)c4cc3sc12. The van der Waals surface area contributed by atoms with Gasteiger partial charge in [-0.1, -0.05) is 23.2 Å². The molecule has 3 aromatic carbocycles. The normalized spacial score (nSPS) is 11.9. The molecule has 0 fully saturated rings. The second kappa shape index (κ2) is 6.76. The Bertz CT molecular complexity index is 1570. The lowest BCUT2D eigenvalue weighted by atomic mass is 10.0. The standard InChI is InChI=1S/C24H16Cl2O2S2/c1-9-5-15(25)11(3)19-21(27)13-8-18-14(7-17(13)29-23(9)19)22(28)20-12(4)16(26)6-10(2)24(20)30-18/h5-8H,1-4H3. The highest BCUT2D eigenvalue weighted by Crippen LogP contribution is 2.37. The number of aryl methyl sites for hydroxylation is 4. The van der Waals surface area contributed by atoms with Gasteiger partial charge in [-0.15, -0.1) is 22.7 Å². The third-order valence-corrected chi connectivity index (χ3v) is 9.13. The third kappa shape index (κ3) is 2.68. The Kier molecular flexibility index (Phi) is 4.50. The first-order valence-corrected chi connectivity index (χ1v) is 11.8. The lowest BCUT2D eigenvalue weighted by Gasteiger charge is -2.11. The molecular formula is C24H16Cl2O2S2. The Morgan fingerprint density at radius 2 is 1.00 bits per heavy atom. The molecule has 0 N–H and O–H groups in total. The Hall–Kier alpha value is -1.98. The van der Waals surface area contributed by atoms with Gasteiger partial charge in [0.15, 0.2) is 10.9 Å². The maximum Gasteiger partial charge on any atom is 0.196 e. The second-order valence-corrected chi connectivity index (χ2v) is 10.6. The van der Waals surface area contributed by atoms with Crippen LogP contribution in [-0.2, 0) is 0 Å². The molecule has 0 radical (unpaired) electrons. The molecule has 2 heterocycles. The molecule has 5 aromatic rings. The summed E-state index contributed by atoms with van der Waals surface area (Å²) in [6.07, 6.45) is 0. The Balaban J connectivity index is 2.04. The number of halogens is 2. The van der Waals surface area contributed by atoms with Gasteiger partial charge in [-0.25, -0.2) is 0 Å². The number of hydrogen-bond acceptors (Lipinski definition) is 4. The van der Waals surface area contributed by atoms with Gasteiger partial charge in [-0.3, -0.25) is 9.59 Å². The maximum absolute atomic E-state index is 13.4. The van der Waals surface area contributed by atoms with E-state index in [2.05, 4.69) is 0 Å². The molecule has 0 bridgehead atoms. The summed E-state index contributed by atoms with van der Waals surface area (Å²) in [5.41, 5.74) is 3.46. The molecule has 5 rings (SSSR count). The van der Waals surface area contributed by atoms with Crippen molar-refractivity contribution in [1.82, 2.24) is 0 Å². The van der Waals surface area contributed by atoms with Crippen LogP contribution in [0.3, 0.4) is 0 Å². The van der Waals surface area contributed by atoms with Crippen LogP contribution in [-0.4, -0.2) is 0 Å². The van der Waals surface area contributed by atoms with Crippen molar-refractivity contribution < 1.29 is 0 Å². The van der Waals surface area contributed by atoms with E-state index in [0.717, 1.165) is 41.1 Å². The average Bonchev–Trinajstić information content (AvgIpc) is 2.69. The molecule has 6 heteroatoms. The summed E-state index contributed by atoms with van der Waals surface area (Å²) in [6.45, 7) is 7.68. The largest absolute Gasteiger partial charge is 0.288 e. The molecular weight excluding hydrogens is 455 g/mol. The molecule has 150 valence electrons. The first-order chi connectivity index (χ1) is 14.2. The van der Waals surface area contributed by atoms with Crippen LogP contribution >= 0.6 is 45.9 Å². The summed E-state index contributed by atoms with van der Waals surface area (Å²) in [7, 11) is 0. The van der Waals surface area contributed by atoms with Crippen LogP contribution in [0.2, 0.25) is 10.0 Å². The highest BCUT2D eigenvalue weighted by atomic mass is 35.5. The molecule has 30 heavy (non-hydrogen) atoms. The van der Waals surface area contributed by atoms with Crippen LogP contribution in [0.25, 0.3) is 40.3 Å². The van der Waals surface area contributed by atoms with Crippen LogP contribution < -0.4 is 10.9 Å². The molecule has 0 saturated carbocycles. The number of hydrogen-bond donors (Lipinski definition) is 0. The lowest BCUT2D eigenvalue weighted by molar-refractivity contribution is 1.47. The summed E-state index contributed by atoms with van der Waals surface area (Å²) in [6, 6.07) is 7.52. The molecule has 0 aliphatic rings. The van der Waals surface area contributed by atoms with Crippen molar-refractivity contribution >= 4 is 86.2 Å². The van der Waals surface area contributed by atoms with Gasteiger partial charge in [-0.05, 0) is 74.2 Å². The molecule has 0 saturated heterocycles. The van der Waals surface area contributed by atoms with Crippen LogP contribution in [0.5, 0.6) is 0 Å². The zero-order chi connectivity index (χ0) is 21.5. The van der Waals surface area contributed by atoms with Crippen molar-refractivity contribution in [2.24, 2.45) is 0 Å². The highest BCUT2D eigenvalue weighted by molar-refractivity contribution is 7.26. The fourth-order valence-electron chi connectivity index (χ4n) is 4.08. The van der Waals surface area contributed by atoms with Gasteiger partial charge in [0.1, 0.15) is 0 Å². The fourth-order valence-corrected chi connectivity index (χ4v) is 7.05. The Labute approximate surface area is 190 Å². The number of benzene rings is 3. The molecule has 0 aliphatic carbocycles. The van der Waals surface area contributed by atoms with E-state index in [1.54, 1.807) is 0 Å². The van der Waals surface area contributed by atoms with Crippen molar-refractivity contribution in [3.63, 3.8) is 0 Å². The van der Waals surface area contributed by atoms with Gasteiger partial charge in [0, 0.05) is 50.4 Å². The van der Waals surface area contributed by atoms with E-state index in [1.807, 2.05) is 52.0 Å². The zero-order valence-electron chi connectivity index (χ0n) is 16.7. The van der Waals surface area contributed by atoms with Crippen LogP contribution in [0.15, 0.2) is 33.9 Å². The van der Waals surface area contributed by atoms with Crippen molar-refractivity contribution in [3.05, 3.63) is 77.0 Å². The van der Waals surface area contributed by atoms with Gasteiger partial charge >= 0.3 is 0 Å². The van der Waals surface area contributed by atoms with Gasteiger partial charge < -0.3 is 0 Å². The summed E-state index contributed by atoms with van der Waals surface area (Å²) in [4.78, 5) is 26.9. The van der Waals surface area contributed by atoms with Crippen molar-refractivity contribution in [2.45, 2.75) is 27.7 Å². The van der Waals surface area contributed by atoms with Crippen molar-refractivity contribution in [3.8, 4) is 0 Å². The zero-order valence-corrected chi connectivity index (χ0v) is 19.8. The smallest absolute Gasteiger partial charge is 0.196 e. The molecule has 0 unspecified atom stereocenters. The van der Waals surface area contributed by atoms with Crippen LogP contribution in [0.4, 0.5) is 0 Å². The summed E-state index contributed by atoms with van der Waals surface area (Å²) >= 11 is 15.8. The molecule has 0 amide bonds. The van der Waals surface area contributed by atoms with E-state index in [1.165, 1.54) is 22.7 Å². The number of rotatable bonds is 0. The second-order valence-electron chi connectivity index (χ2n) is 7.72. The third-order valence-electron chi connectivity index (χ3n) is 5.77. The van der Waals surface area contributed by atoms with E-state index in [4.69, 9.17) is 23.2 Å². The van der Waals surface area contributed by atoms with Crippen molar-refractivity contribution in [1.29, 1.82) is 0 Å². The predicted molar refractivity (Wildman–Crippen MR) is 134 cm³/mol. The molecule has 2 aromatic heterocycles. The van der Waals surface area contributed by atoms with E-state index < -0.39 is 0 Å². The van der Waals surface area contributed by atoms with Gasteiger partial charge in [0.25, 0.3) is 0 Å². The minimum atomic E-state index is -0.0347. The minimum Gasteiger partial charge on any atom is -0.288 e. The highest BCUT2D eigenvalue weighted by Gasteiger charge is 2.17. The summed E-state index contributed by atoms with van der Waals surface area (Å²) in [5.74, 6) is 0. The lowest BCUT2D eigenvalue weighted by Crippen LogP contribution is -2.07. The van der Waals surface area contributed by atoms with Crippen molar-refractivity contribution in [2.75, 3.05) is 0 Å². The van der Waals surface area contributed by atoms with Crippen LogP contribution in [0, 0.1) is 27.7 Å². The maximum atomic E-state index is 13.4. The van der Waals surface area contributed by atoms with E-state index in [-0.39, 0.29) is 10.9 Å². The summed E-state index contributed by atoms with van der Waals surface area (Å²) in [5, 5.41) is 3.80. The number of fused-ring (bicyclic) bond motifs is 4. The molecule has 0 spiro atoms. The molecule has 0 atom stereocenters. The Morgan fingerprint density at radius 1 is 0.633 bits per heavy atom. The molecule has 2 nitrogen and oxygen atoms in total. The first kappa shape index (κ1) is 20.0. The minimum absolute atomic E-state index is 0.0347. The van der Waals surface area contributed by atoms with Crippen LogP contribution in [0.1, 0.15) is 22.3 Å².